The Labute approximate surface area is 158 Å². The zero-order valence-corrected chi connectivity index (χ0v) is 15.4. The van der Waals surface area contributed by atoms with Crippen LogP contribution < -0.4 is 14.3 Å². The van der Waals surface area contributed by atoms with E-state index in [-0.39, 0.29) is 27.6 Å². The van der Waals surface area contributed by atoms with Crippen LogP contribution in [0, 0.1) is 20.2 Å². The molecule has 0 saturated heterocycles. The van der Waals surface area contributed by atoms with E-state index in [4.69, 9.17) is 9.47 Å². The van der Waals surface area contributed by atoms with Crippen LogP contribution in [0.25, 0.3) is 0 Å². The van der Waals surface area contributed by atoms with Gasteiger partial charge in [0.1, 0.15) is 5.75 Å². The van der Waals surface area contributed by atoms with E-state index >= 15 is 0 Å². The first-order chi connectivity index (χ1) is 13.2. The van der Waals surface area contributed by atoms with E-state index in [0.29, 0.717) is 0 Å². The molecule has 0 aliphatic heterocycles. The van der Waals surface area contributed by atoms with Crippen molar-refractivity contribution in [3.05, 3.63) is 62.2 Å². The van der Waals surface area contributed by atoms with Gasteiger partial charge in [-0.25, -0.2) is 4.83 Å². The first-order valence-corrected chi connectivity index (χ1v) is 8.87. The maximum atomic E-state index is 12.2. The van der Waals surface area contributed by atoms with Gasteiger partial charge >= 0.3 is 5.69 Å². The lowest BCUT2D eigenvalue weighted by Crippen LogP contribution is -2.18. The van der Waals surface area contributed by atoms with Gasteiger partial charge < -0.3 is 9.47 Å². The summed E-state index contributed by atoms with van der Waals surface area (Å²) in [5, 5.41) is 25.4. The smallest absolute Gasteiger partial charge is 0.311 e. The summed E-state index contributed by atoms with van der Waals surface area (Å²) in [7, 11) is -1.63. The summed E-state index contributed by atoms with van der Waals surface area (Å²) in [6.07, 6.45) is 1.00. The summed E-state index contributed by atoms with van der Waals surface area (Å²) in [4.78, 5) is 22.0. The van der Waals surface area contributed by atoms with E-state index in [1.807, 2.05) is 4.83 Å². The highest BCUT2D eigenvalue weighted by Gasteiger charge is 2.20. The van der Waals surface area contributed by atoms with Crippen molar-refractivity contribution in [3.63, 3.8) is 0 Å². The summed E-state index contributed by atoms with van der Waals surface area (Å²) >= 11 is 0. The minimum absolute atomic E-state index is 0.0452. The fourth-order valence-electron chi connectivity index (χ4n) is 2.13. The molecule has 12 nitrogen and oxygen atoms in total. The number of nitrogens with zero attached hydrogens (tertiary/aromatic N) is 3. The van der Waals surface area contributed by atoms with Crippen molar-refractivity contribution < 1.29 is 27.7 Å². The Morgan fingerprint density at radius 2 is 1.71 bits per heavy atom. The molecule has 0 aliphatic carbocycles. The molecule has 148 valence electrons. The van der Waals surface area contributed by atoms with Gasteiger partial charge in [0.25, 0.3) is 15.7 Å². The average molecular weight is 410 g/mol. The second kappa shape index (κ2) is 8.30. The molecule has 0 unspecified atom stereocenters. The van der Waals surface area contributed by atoms with E-state index < -0.39 is 25.6 Å². The van der Waals surface area contributed by atoms with Crippen molar-refractivity contribution in [1.29, 1.82) is 0 Å². The lowest BCUT2D eigenvalue weighted by molar-refractivity contribution is -0.385. The van der Waals surface area contributed by atoms with E-state index in [0.717, 1.165) is 30.5 Å². The van der Waals surface area contributed by atoms with Crippen LogP contribution in [-0.4, -0.2) is 38.7 Å². The zero-order chi connectivity index (χ0) is 20.9. The molecule has 0 heterocycles. The fraction of sp³-hybridized carbons (Fsp3) is 0.133. The molecule has 0 fully saturated rings. The molecule has 2 aromatic rings. The Morgan fingerprint density at radius 1 is 1.04 bits per heavy atom. The van der Waals surface area contributed by atoms with Crippen molar-refractivity contribution in [2.24, 2.45) is 5.10 Å². The van der Waals surface area contributed by atoms with E-state index in [1.165, 1.54) is 26.4 Å². The lowest BCUT2D eigenvalue weighted by Gasteiger charge is -2.08. The Bertz CT molecular complexity index is 1050. The molecule has 0 spiro atoms. The number of ether oxygens (including phenoxy) is 2. The Balaban J connectivity index is 2.33. The third-order valence-corrected chi connectivity index (χ3v) is 4.66. The first kappa shape index (κ1) is 20.6. The number of nitrogens with one attached hydrogen (secondary N) is 1. The van der Waals surface area contributed by atoms with Gasteiger partial charge in [0.15, 0.2) is 0 Å². The number of non-ortho nitro benzene ring substituents is 1. The maximum absolute atomic E-state index is 12.2. The second-order valence-corrected chi connectivity index (χ2v) is 6.79. The van der Waals surface area contributed by atoms with Crippen molar-refractivity contribution in [1.82, 2.24) is 4.83 Å². The Hall–Kier alpha value is -3.74. The second-order valence-electron chi connectivity index (χ2n) is 5.13. The first-order valence-electron chi connectivity index (χ1n) is 7.39. The topological polar surface area (TPSA) is 163 Å². The SMILES string of the molecule is COc1cc(OC)c([N+](=O)[O-])cc1/C=N/NS(=O)(=O)c1cccc([N+](=O)[O-])c1. The van der Waals surface area contributed by atoms with Crippen LogP contribution in [-0.2, 0) is 10.0 Å². The fourth-order valence-corrected chi connectivity index (χ4v) is 2.96. The number of rotatable bonds is 8. The molecule has 0 atom stereocenters. The quantitative estimate of drug-likeness (QED) is 0.391. The summed E-state index contributed by atoms with van der Waals surface area (Å²) in [6, 6.07) is 6.74. The number of nitro groups is 2. The number of sulfonamides is 1. The van der Waals surface area contributed by atoms with E-state index in [1.54, 1.807) is 0 Å². The number of nitro benzene ring substituents is 2. The lowest BCUT2D eigenvalue weighted by atomic mass is 10.1. The van der Waals surface area contributed by atoms with Gasteiger partial charge in [0.05, 0.1) is 35.2 Å². The van der Waals surface area contributed by atoms with Crippen LogP contribution in [0.5, 0.6) is 11.5 Å². The molecular formula is C15H14N4O8S. The molecule has 0 radical (unpaired) electrons. The highest BCUT2D eigenvalue weighted by molar-refractivity contribution is 7.89. The molecule has 0 aromatic heterocycles. The van der Waals surface area contributed by atoms with Gasteiger partial charge in [-0.15, -0.1) is 0 Å². The minimum Gasteiger partial charge on any atom is -0.496 e. The Kier molecular flexibility index (Phi) is 6.10. The predicted octanol–water partition coefficient (Wildman–Crippen LogP) is 1.83. The minimum atomic E-state index is -4.20. The highest BCUT2D eigenvalue weighted by atomic mass is 32.2. The van der Waals surface area contributed by atoms with Crippen molar-refractivity contribution in [2.75, 3.05) is 14.2 Å². The van der Waals surface area contributed by atoms with Crippen LogP contribution in [0.4, 0.5) is 11.4 Å². The monoisotopic (exact) mass is 410 g/mol. The molecule has 2 aromatic carbocycles. The molecule has 13 heteroatoms. The van der Waals surface area contributed by atoms with Crippen molar-refractivity contribution >= 4 is 27.6 Å². The molecule has 0 saturated carbocycles. The third kappa shape index (κ3) is 4.50. The zero-order valence-electron chi connectivity index (χ0n) is 14.6. The van der Waals surface area contributed by atoms with Gasteiger partial charge in [-0.05, 0) is 6.07 Å². The summed E-state index contributed by atoms with van der Waals surface area (Å²) < 4.78 is 34.4. The molecular weight excluding hydrogens is 396 g/mol. The largest absolute Gasteiger partial charge is 0.496 e. The molecule has 0 amide bonds. The predicted molar refractivity (Wildman–Crippen MR) is 97.2 cm³/mol. The van der Waals surface area contributed by atoms with Gasteiger partial charge in [-0.1, -0.05) is 6.07 Å². The van der Waals surface area contributed by atoms with Gasteiger partial charge in [0, 0.05) is 29.8 Å². The van der Waals surface area contributed by atoms with Crippen LogP contribution in [0.1, 0.15) is 5.56 Å². The number of benzene rings is 2. The summed E-state index contributed by atoms with van der Waals surface area (Å²) in [5.41, 5.74) is -0.665. The average Bonchev–Trinajstić information content (AvgIpc) is 2.67. The van der Waals surface area contributed by atoms with Crippen LogP contribution >= 0.6 is 0 Å². The van der Waals surface area contributed by atoms with E-state index in [9.17, 15) is 28.6 Å². The van der Waals surface area contributed by atoms with Crippen LogP contribution in [0.3, 0.4) is 0 Å². The van der Waals surface area contributed by atoms with Crippen LogP contribution in [0.15, 0.2) is 46.4 Å². The van der Waals surface area contributed by atoms with E-state index in [2.05, 4.69) is 5.10 Å². The molecule has 0 aliphatic rings. The Morgan fingerprint density at radius 3 is 2.29 bits per heavy atom. The normalized spacial score (nSPS) is 11.2. The highest BCUT2D eigenvalue weighted by Crippen LogP contribution is 2.33. The summed E-state index contributed by atoms with van der Waals surface area (Å²) in [6.45, 7) is 0. The third-order valence-electron chi connectivity index (χ3n) is 3.44. The standard InChI is InChI=1S/C15H14N4O8S/c1-26-14-8-15(27-2)13(19(22)23)6-10(14)9-16-17-28(24,25)12-5-3-4-11(7-12)18(20)21/h3-9,17H,1-2H3/b16-9+. The molecule has 2 rings (SSSR count). The molecule has 0 bridgehead atoms. The molecule has 28 heavy (non-hydrogen) atoms. The number of methoxy groups -OCH3 is 2. The summed E-state index contributed by atoms with van der Waals surface area (Å²) in [5.74, 6) is 0.108. The van der Waals surface area contributed by atoms with Gasteiger partial charge in [-0.2, -0.15) is 13.5 Å². The number of hydrogen-bond acceptors (Lipinski definition) is 9. The maximum Gasteiger partial charge on any atom is 0.311 e. The van der Waals surface area contributed by atoms with Crippen molar-refractivity contribution in [3.8, 4) is 11.5 Å². The van der Waals surface area contributed by atoms with Crippen LogP contribution in [0.2, 0.25) is 0 Å². The van der Waals surface area contributed by atoms with Crippen molar-refractivity contribution in [2.45, 2.75) is 4.90 Å². The van der Waals surface area contributed by atoms with Gasteiger partial charge in [0.2, 0.25) is 5.75 Å². The van der Waals surface area contributed by atoms with Gasteiger partial charge in [-0.3, -0.25) is 20.2 Å². The number of hydrogen-bond donors (Lipinski definition) is 1. The number of hydrazone groups is 1. The molecule has 1 N–H and O–H groups in total.